The average molecular weight is 961 g/mol. The van der Waals surface area contributed by atoms with Gasteiger partial charge in [-0.15, -0.1) is 0 Å². The van der Waals surface area contributed by atoms with Crippen LogP contribution in [0.25, 0.3) is 55.0 Å². The monoisotopic (exact) mass is 960 g/mol. The van der Waals surface area contributed by atoms with Crippen molar-refractivity contribution in [2.75, 3.05) is 65.5 Å². The van der Waals surface area contributed by atoms with Crippen molar-refractivity contribution in [2.24, 2.45) is 0 Å². The van der Waals surface area contributed by atoms with Crippen LogP contribution in [0.2, 0.25) is 0 Å². The van der Waals surface area contributed by atoms with Gasteiger partial charge >= 0.3 is 12.1 Å². The van der Waals surface area contributed by atoms with Crippen LogP contribution in [0.15, 0.2) is 48.5 Å². The summed E-state index contributed by atoms with van der Waals surface area (Å²) in [5, 5.41) is -0.424. The number of alkyl halides is 1. The average Bonchev–Trinajstić information content (AvgIpc) is 3.94. The SMILES string of the molecule is COCOc1cc(-c2nc(-c3cc(OCOC)cc4ccc(F)c(F)c34)c3c(N4C[C@H]5CC[C@@H](C4)N5C(=O)OC(C)(C)C)nc(OC[C@@]45CCCN4C[C@H](F)C5)nc3c2F)c2c(F)c(F)ccc2c1. The maximum Gasteiger partial charge on any atom is 0.410 e. The quantitative estimate of drug-likeness (QED) is 0.0858. The first-order valence-corrected chi connectivity index (χ1v) is 22.8. The fourth-order valence-corrected chi connectivity index (χ4v) is 10.7. The Hall–Kier alpha value is -6.18. The highest BCUT2D eigenvalue weighted by Gasteiger charge is 2.50. The number of carbonyl (C=O) groups is 1. The summed E-state index contributed by atoms with van der Waals surface area (Å²) >= 11 is 0. The van der Waals surface area contributed by atoms with Crippen molar-refractivity contribution in [3.63, 3.8) is 0 Å². The van der Waals surface area contributed by atoms with Crippen LogP contribution in [0.1, 0.15) is 52.9 Å². The van der Waals surface area contributed by atoms with E-state index in [4.69, 9.17) is 43.4 Å². The third kappa shape index (κ3) is 8.45. The first kappa shape index (κ1) is 46.5. The molecule has 4 aliphatic heterocycles. The molecule has 0 unspecified atom stereocenters. The Labute approximate surface area is 393 Å². The molecule has 13 nitrogen and oxygen atoms in total. The number of rotatable bonds is 12. The van der Waals surface area contributed by atoms with Crippen molar-refractivity contribution in [1.82, 2.24) is 24.8 Å². The first-order chi connectivity index (χ1) is 33.1. The van der Waals surface area contributed by atoms with E-state index >= 15 is 26.3 Å². The van der Waals surface area contributed by atoms with E-state index in [1.807, 2.05) is 9.80 Å². The Morgan fingerprint density at radius 1 is 0.739 bits per heavy atom. The summed E-state index contributed by atoms with van der Waals surface area (Å²) in [6.45, 7) is 6.04. The van der Waals surface area contributed by atoms with Crippen LogP contribution in [0, 0.1) is 29.1 Å². The van der Waals surface area contributed by atoms with Gasteiger partial charge in [0.2, 0.25) is 0 Å². The molecule has 69 heavy (non-hydrogen) atoms. The standard InChI is InChI=1S/C50H50F6N6O7/c1-49(2,3)69-48(63)62-29-9-10-30(62)22-60(21-29)46-39-43(33-17-31(67-24-64-4)15-26-7-11-35(52)40(54)37(26)33)57-44(34-18-32(68-25-65-5)16-27-8-12-36(53)41(55)38(27)34)42(56)45(39)58-47(59-46)66-23-50-13-6-14-61(50)20-28(51)19-50/h7-8,11-12,15-18,28-30H,6,9-10,13-14,19-25H2,1-5H3/t28-,29-,30+,50+/m1/s1. The normalized spacial score (nSPS) is 21.5. The number of amides is 1. The Morgan fingerprint density at radius 2 is 1.33 bits per heavy atom. The molecule has 2 bridgehead atoms. The third-order valence-corrected chi connectivity index (χ3v) is 13.5. The number of hydrogen-bond donors (Lipinski definition) is 0. The zero-order chi connectivity index (χ0) is 48.5. The molecule has 4 aromatic carbocycles. The highest BCUT2D eigenvalue weighted by molar-refractivity contribution is 6.10. The lowest BCUT2D eigenvalue weighted by molar-refractivity contribution is 0.0122. The molecule has 6 aromatic rings. The summed E-state index contributed by atoms with van der Waals surface area (Å²) in [7, 11) is 2.79. The second kappa shape index (κ2) is 18.0. The molecule has 10 rings (SSSR count). The van der Waals surface area contributed by atoms with Gasteiger partial charge in [0.1, 0.15) is 46.9 Å². The van der Waals surface area contributed by atoms with E-state index in [2.05, 4.69) is 0 Å². The first-order valence-electron chi connectivity index (χ1n) is 22.8. The van der Waals surface area contributed by atoms with Crippen molar-refractivity contribution < 1.29 is 59.6 Å². The largest absolute Gasteiger partial charge is 0.468 e. The molecular formula is C50H50F6N6O7. The molecule has 4 aliphatic rings. The number of piperazine rings is 1. The van der Waals surface area contributed by atoms with E-state index in [-0.39, 0.29) is 113 Å². The maximum atomic E-state index is 18.3. The van der Waals surface area contributed by atoms with Gasteiger partial charge in [0.05, 0.1) is 28.7 Å². The van der Waals surface area contributed by atoms with Crippen molar-refractivity contribution in [3.8, 4) is 40.0 Å². The van der Waals surface area contributed by atoms with Gasteiger partial charge in [-0.2, -0.15) is 9.97 Å². The fourth-order valence-electron chi connectivity index (χ4n) is 10.7. The van der Waals surface area contributed by atoms with Crippen LogP contribution < -0.4 is 19.1 Å². The van der Waals surface area contributed by atoms with Crippen molar-refractivity contribution in [3.05, 3.63) is 77.6 Å². The van der Waals surface area contributed by atoms with Crippen LogP contribution >= 0.6 is 0 Å². The summed E-state index contributed by atoms with van der Waals surface area (Å²) in [4.78, 5) is 33.8. The van der Waals surface area contributed by atoms with Gasteiger partial charge in [-0.1, -0.05) is 12.1 Å². The fraction of sp³-hybridized carbons (Fsp3) is 0.440. The molecule has 6 heterocycles. The van der Waals surface area contributed by atoms with E-state index in [9.17, 15) is 4.79 Å². The second-order valence-corrected chi connectivity index (χ2v) is 19.2. The number of fused-ring (bicyclic) bond motifs is 6. The number of pyridine rings is 1. The van der Waals surface area contributed by atoms with Crippen LogP contribution in [-0.4, -0.2) is 121 Å². The lowest BCUT2D eigenvalue weighted by Crippen LogP contribution is -2.57. The molecular weight excluding hydrogens is 911 g/mol. The Bertz CT molecular complexity index is 3000. The molecule has 2 aromatic heterocycles. The highest BCUT2D eigenvalue weighted by Crippen LogP contribution is 2.47. The van der Waals surface area contributed by atoms with E-state index in [1.165, 1.54) is 50.6 Å². The Morgan fingerprint density at radius 3 is 1.91 bits per heavy atom. The number of nitrogens with zero attached hydrogens (tertiary/aromatic N) is 6. The van der Waals surface area contributed by atoms with Gasteiger partial charge in [0.25, 0.3) is 0 Å². The van der Waals surface area contributed by atoms with E-state index in [1.54, 1.807) is 25.7 Å². The number of methoxy groups -OCH3 is 2. The van der Waals surface area contributed by atoms with Crippen molar-refractivity contribution in [1.29, 1.82) is 0 Å². The van der Waals surface area contributed by atoms with E-state index in [0.717, 1.165) is 18.6 Å². The zero-order valence-electron chi connectivity index (χ0n) is 38.6. The summed E-state index contributed by atoms with van der Waals surface area (Å²) in [6.07, 6.45) is 1.30. The smallest absolute Gasteiger partial charge is 0.410 e. The van der Waals surface area contributed by atoms with Gasteiger partial charge in [0, 0.05) is 62.2 Å². The molecule has 19 heteroatoms. The summed E-state index contributed by atoms with van der Waals surface area (Å²) in [6, 6.07) is 9.02. The van der Waals surface area contributed by atoms with Crippen molar-refractivity contribution in [2.45, 2.75) is 82.3 Å². The van der Waals surface area contributed by atoms with Crippen LogP contribution in [0.4, 0.5) is 37.0 Å². The number of carbonyl (C=O) groups excluding carboxylic acids is 1. The Balaban J connectivity index is 1.27. The molecule has 0 aliphatic carbocycles. The van der Waals surface area contributed by atoms with Crippen molar-refractivity contribution >= 4 is 44.4 Å². The third-order valence-electron chi connectivity index (χ3n) is 13.5. The molecule has 0 saturated carbocycles. The minimum Gasteiger partial charge on any atom is -0.468 e. The number of aromatic nitrogens is 3. The van der Waals surface area contributed by atoms with Crippen LogP contribution in [0.3, 0.4) is 0 Å². The number of hydrogen-bond acceptors (Lipinski definition) is 12. The van der Waals surface area contributed by atoms with Crippen LogP contribution in [-0.2, 0) is 14.2 Å². The lowest BCUT2D eigenvalue weighted by Gasteiger charge is -2.42. The molecule has 0 spiro atoms. The molecule has 4 atom stereocenters. The van der Waals surface area contributed by atoms with Gasteiger partial charge in [-0.25, -0.2) is 36.1 Å². The maximum absolute atomic E-state index is 18.3. The summed E-state index contributed by atoms with van der Waals surface area (Å²) in [5.41, 5.74) is -2.99. The molecule has 0 N–H and O–H groups in total. The Kier molecular flexibility index (Phi) is 12.1. The zero-order valence-corrected chi connectivity index (χ0v) is 38.6. The van der Waals surface area contributed by atoms with E-state index < -0.39 is 75.8 Å². The summed E-state index contributed by atoms with van der Waals surface area (Å²) < 4.78 is 131. The summed E-state index contributed by atoms with van der Waals surface area (Å²) in [5.74, 6) is -5.84. The number of halogens is 6. The lowest BCUT2D eigenvalue weighted by atomic mass is 9.95. The van der Waals surface area contributed by atoms with Gasteiger partial charge in [-0.05, 0) is 100 Å². The molecule has 1 amide bonds. The minimum absolute atomic E-state index is 0.0372. The topological polar surface area (TPSA) is 121 Å². The minimum atomic E-state index is -1.31. The van der Waals surface area contributed by atoms with Gasteiger partial charge < -0.3 is 33.3 Å². The second-order valence-electron chi connectivity index (χ2n) is 19.2. The molecule has 4 fully saturated rings. The van der Waals surface area contributed by atoms with Crippen LogP contribution in [0.5, 0.6) is 17.5 Å². The van der Waals surface area contributed by atoms with E-state index in [0.29, 0.717) is 25.8 Å². The molecule has 0 radical (unpaired) electrons. The van der Waals surface area contributed by atoms with Gasteiger partial charge in [-0.3, -0.25) is 9.80 Å². The number of benzene rings is 4. The predicted molar refractivity (Wildman–Crippen MR) is 244 cm³/mol. The highest BCUT2D eigenvalue weighted by atomic mass is 19.2. The molecule has 4 saturated heterocycles. The predicted octanol–water partition coefficient (Wildman–Crippen LogP) is 9.87. The van der Waals surface area contributed by atoms with Gasteiger partial charge in [0.15, 0.2) is 42.7 Å². The molecule has 364 valence electrons. The number of ether oxygens (including phenoxy) is 6. The number of anilines is 1.